The number of β-amino-alcohol motifs (C(OH)–C–C–N with tert-alkyl or cyclic N) is 1. The van der Waals surface area contributed by atoms with Crippen molar-refractivity contribution in [1.82, 2.24) is 15.0 Å². The molecular weight excluding hydrogens is 581 g/mol. The molecule has 2 aliphatic rings. The first-order valence-electron chi connectivity index (χ1n) is 13.6. The van der Waals surface area contributed by atoms with Crippen LogP contribution in [0.2, 0.25) is 5.02 Å². The zero-order chi connectivity index (χ0) is 28.9. The highest BCUT2D eigenvalue weighted by molar-refractivity contribution is 6.33. The number of amides is 1. The number of aliphatic hydroxyl groups excluding tert-OH is 1. The monoisotopic (exact) mass is 615 g/mol. The average Bonchev–Trinajstić information content (AvgIpc) is 2.94. The molecule has 14 heteroatoms. The minimum Gasteiger partial charge on any atom is -0.391 e. The van der Waals surface area contributed by atoms with Crippen molar-refractivity contribution in [2.75, 3.05) is 46.6 Å². The zero-order valence-corrected chi connectivity index (χ0v) is 24.5. The normalized spacial score (nSPS) is 20.4. The van der Waals surface area contributed by atoms with Crippen LogP contribution in [0.15, 0.2) is 48.5 Å². The Morgan fingerprint density at radius 1 is 0.952 bits per heavy atom. The predicted octanol–water partition coefficient (Wildman–Crippen LogP) is 2.73. The van der Waals surface area contributed by atoms with Crippen LogP contribution >= 0.6 is 24.0 Å². The van der Waals surface area contributed by atoms with Gasteiger partial charge in [0.05, 0.1) is 23.2 Å². The Hall–Kier alpha value is -3.55. The lowest BCUT2D eigenvalue weighted by Gasteiger charge is -2.35. The van der Waals surface area contributed by atoms with Crippen LogP contribution in [0.25, 0.3) is 0 Å². The third-order valence-corrected chi connectivity index (χ3v) is 7.35. The maximum atomic E-state index is 12.7. The smallest absolute Gasteiger partial charge is 0.233 e. The van der Waals surface area contributed by atoms with Gasteiger partial charge in [-0.15, -0.1) is 12.4 Å². The number of Topliss-reactive ketones (excluding diaryl/α,β-unsaturated/α-hetero) is 1. The Bertz CT molecular complexity index is 1390. The number of nitrogens with two attached hydrogens (primary N) is 2. The summed E-state index contributed by atoms with van der Waals surface area (Å²) in [5, 5.41) is 16.5. The second kappa shape index (κ2) is 14.1. The second-order valence-electron chi connectivity index (χ2n) is 10.5. The number of carbonyl (C=O) groups excluding carboxylic acids is 2. The summed E-state index contributed by atoms with van der Waals surface area (Å²) in [4.78, 5) is 43.0. The van der Waals surface area contributed by atoms with E-state index in [1.54, 1.807) is 48.5 Å². The molecule has 224 valence electrons. The van der Waals surface area contributed by atoms with Gasteiger partial charge in [0.25, 0.3) is 0 Å². The molecule has 1 aromatic heterocycles. The van der Waals surface area contributed by atoms with E-state index in [1.807, 2.05) is 9.80 Å². The van der Waals surface area contributed by atoms with Gasteiger partial charge in [-0.2, -0.15) is 15.0 Å². The molecule has 2 saturated heterocycles. The SMILES string of the molecule is Cl.N[C@@H]1C[C@H](N)CN(c2nc(Nc3ccc(C(=O)CC(=O)Nc4ccccc4Cl)cc3)nc(N3CCC[C@@H](O)C3)n2)C1. The van der Waals surface area contributed by atoms with Crippen molar-refractivity contribution >= 4 is 64.9 Å². The van der Waals surface area contributed by atoms with Gasteiger partial charge in [-0.05, 0) is 55.7 Å². The van der Waals surface area contributed by atoms with Crippen LogP contribution < -0.4 is 31.9 Å². The first-order valence-corrected chi connectivity index (χ1v) is 14.0. The van der Waals surface area contributed by atoms with Gasteiger partial charge in [0.2, 0.25) is 23.8 Å². The topological polar surface area (TPSA) is 176 Å². The minimum atomic E-state index is -0.450. The van der Waals surface area contributed by atoms with Crippen molar-refractivity contribution in [3.05, 3.63) is 59.1 Å². The molecule has 3 atom stereocenters. The molecule has 0 bridgehead atoms. The summed E-state index contributed by atoms with van der Waals surface area (Å²) in [6, 6.07) is 13.4. The fourth-order valence-electron chi connectivity index (χ4n) is 5.04. The highest BCUT2D eigenvalue weighted by Crippen LogP contribution is 2.25. The molecule has 5 rings (SSSR count). The number of piperidine rings is 2. The van der Waals surface area contributed by atoms with Gasteiger partial charge in [-0.1, -0.05) is 23.7 Å². The molecule has 0 spiro atoms. The second-order valence-corrected chi connectivity index (χ2v) is 10.9. The van der Waals surface area contributed by atoms with Crippen LogP contribution in [0.4, 0.5) is 29.2 Å². The number of benzene rings is 2. The summed E-state index contributed by atoms with van der Waals surface area (Å²) in [6.45, 7) is 2.29. The van der Waals surface area contributed by atoms with Crippen molar-refractivity contribution in [2.45, 2.75) is 43.9 Å². The Balaban J connectivity index is 0.00000405. The van der Waals surface area contributed by atoms with E-state index in [9.17, 15) is 14.7 Å². The molecule has 0 radical (unpaired) electrons. The lowest BCUT2D eigenvalue weighted by Crippen LogP contribution is -2.53. The minimum absolute atomic E-state index is 0. The standard InChI is InChI=1S/C28H34ClN9O3.ClH/c29-22-5-1-2-6-23(22)33-25(41)13-24(40)17-7-9-20(10-8-17)32-26-34-27(37-11-3-4-21(39)16-37)36-28(35-26)38-14-18(30)12-19(31)15-38;/h1-2,5-10,18-19,21,39H,3-4,11-16,30-31H2,(H,33,41)(H,32,34,35,36);1H/t18-,19+,21-;/m1./s1. The molecule has 2 aliphatic heterocycles. The number of hydrogen-bond acceptors (Lipinski definition) is 11. The van der Waals surface area contributed by atoms with E-state index in [-0.39, 0.29) is 36.7 Å². The van der Waals surface area contributed by atoms with Crippen LogP contribution in [0.1, 0.15) is 36.0 Å². The molecule has 42 heavy (non-hydrogen) atoms. The van der Waals surface area contributed by atoms with E-state index < -0.39 is 12.0 Å². The summed E-state index contributed by atoms with van der Waals surface area (Å²) in [6.07, 6.45) is 1.53. The number of aromatic nitrogens is 3. The molecule has 7 N–H and O–H groups in total. The third-order valence-electron chi connectivity index (χ3n) is 7.02. The number of nitrogens with one attached hydrogen (secondary N) is 2. The number of rotatable bonds is 8. The molecule has 0 saturated carbocycles. The first-order chi connectivity index (χ1) is 19.7. The number of ketones is 1. The molecule has 2 fully saturated rings. The number of halogens is 2. The lowest BCUT2D eigenvalue weighted by atomic mass is 10.0. The fraction of sp³-hybridized carbons (Fsp3) is 0.393. The maximum absolute atomic E-state index is 12.7. The fourth-order valence-corrected chi connectivity index (χ4v) is 5.23. The van der Waals surface area contributed by atoms with Gasteiger partial charge >= 0.3 is 0 Å². The van der Waals surface area contributed by atoms with Crippen LogP contribution in [-0.4, -0.2) is 76.1 Å². The van der Waals surface area contributed by atoms with Crippen molar-refractivity contribution in [3.8, 4) is 0 Å². The van der Waals surface area contributed by atoms with E-state index >= 15 is 0 Å². The molecule has 3 aromatic rings. The maximum Gasteiger partial charge on any atom is 0.233 e. The van der Waals surface area contributed by atoms with E-state index in [4.69, 9.17) is 28.1 Å². The first kappa shape index (κ1) is 31.4. The highest BCUT2D eigenvalue weighted by atomic mass is 35.5. The predicted molar refractivity (Wildman–Crippen MR) is 166 cm³/mol. The Kier molecular flexibility index (Phi) is 10.5. The summed E-state index contributed by atoms with van der Waals surface area (Å²) in [7, 11) is 0. The number of carbonyl (C=O) groups is 2. The summed E-state index contributed by atoms with van der Waals surface area (Å²) in [5.74, 6) is 0.457. The molecular formula is C28H35Cl2N9O3. The number of hydrogen-bond donors (Lipinski definition) is 5. The van der Waals surface area contributed by atoms with Crippen LogP contribution in [0.5, 0.6) is 0 Å². The molecule has 3 heterocycles. The summed E-state index contributed by atoms with van der Waals surface area (Å²) < 4.78 is 0. The van der Waals surface area contributed by atoms with Gasteiger partial charge in [-0.3, -0.25) is 9.59 Å². The third kappa shape index (κ3) is 8.05. The van der Waals surface area contributed by atoms with Crippen molar-refractivity contribution in [3.63, 3.8) is 0 Å². The Morgan fingerprint density at radius 2 is 1.62 bits per heavy atom. The van der Waals surface area contributed by atoms with E-state index in [0.717, 1.165) is 25.8 Å². The summed E-state index contributed by atoms with van der Waals surface area (Å²) >= 11 is 6.08. The molecule has 12 nitrogen and oxygen atoms in total. The zero-order valence-electron chi connectivity index (χ0n) is 22.9. The van der Waals surface area contributed by atoms with Gasteiger partial charge in [-0.25, -0.2) is 0 Å². The number of anilines is 5. The van der Waals surface area contributed by atoms with Crippen molar-refractivity contribution < 1.29 is 14.7 Å². The van der Waals surface area contributed by atoms with E-state index in [0.29, 0.717) is 59.4 Å². The average molecular weight is 617 g/mol. The molecule has 0 unspecified atom stereocenters. The number of nitrogens with zero attached hydrogens (tertiary/aromatic N) is 5. The van der Waals surface area contributed by atoms with Crippen LogP contribution in [0, 0.1) is 0 Å². The number of para-hydroxylation sites is 1. The van der Waals surface area contributed by atoms with Gasteiger partial charge in [0.1, 0.15) is 0 Å². The Morgan fingerprint density at radius 3 is 2.29 bits per heavy atom. The van der Waals surface area contributed by atoms with Gasteiger partial charge in [0, 0.05) is 49.5 Å². The van der Waals surface area contributed by atoms with Crippen LogP contribution in [-0.2, 0) is 4.79 Å². The van der Waals surface area contributed by atoms with Crippen molar-refractivity contribution in [2.24, 2.45) is 11.5 Å². The molecule has 2 aromatic carbocycles. The quantitative estimate of drug-likeness (QED) is 0.186. The molecule has 1 amide bonds. The molecule has 0 aliphatic carbocycles. The van der Waals surface area contributed by atoms with E-state index in [2.05, 4.69) is 20.6 Å². The largest absolute Gasteiger partial charge is 0.391 e. The van der Waals surface area contributed by atoms with Crippen LogP contribution in [0.3, 0.4) is 0 Å². The Labute approximate surface area is 255 Å². The van der Waals surface area contributed by atoms with Crippen molar-refractivity contribution in [1.29, 1.82) is 0 Å². The van der Waals surface area contributed by atoms with E-state index in [1.165, 1.54) is 0 Å². The lowest BCUT2D eigenvalue weighted by molar-refractivity contribution is -0.115. The highest BCUT2D eigenvalue weighted by Gasteiger charge is 2.27. The summed E-state index contributed by atoms with van der Waals surface area (Å²) in [5.41, 5.74) is 13.9. The van der Waals surface area contributed by atoms with Gasteiger partial charge < -0.3 is 37.0 Å². The van der Waals surface area contributed by atoms with Gasteiger partial charge in [0.15, 0.2) is 5.78 Å². The number of aliphatic hydroxyl groups is 1.